The van der Waals surface area contributed by atoms with Gasteiger partial charge in [0.05, 0.1) is 13.2 Å². The molecule has 0 saturated heterocycles. The van der Waals surface area contributed by atoms with Gasteiger partial charge in [0.2, 0.25) is 0 Å². The number of hydrogen-bond donors (Lipinski definition) is 2. The SMILES string of the molecule is OCCN(CCO)Cc1cccc(OCc2ccc(F)cc2F)c1. The van der Waals surface area contributed by atoms with Crippen LogP contribution in [-0.4, -0.2) is 41.4 Å². The Morgan fingerprint density at radius 3 is 2.38 bits per heavy atom. The van der Waals surface area contributed by atoms with Crippen molar-refractivity contribution in [1.82, 2.24) is 4.90 Å². The lowest BCUT2D eigenvalue weighted by Gasteiger charge is -2.20. The summed E-state index contributed by atoms with van der Waals surface area (Å²) in [5.41, 5.74) is 1.23. The van der Waals surface area contributed by atoms with Crippen molar-refractivity contribution in [2.75, 3.05) is 26.3 Å². The standard InChI is InChI=1S/C18H21F2NO3/c19-16-5-4-15(18(20)11-16)13-24-17-3-1-2-14(10-17)12-21(6-8-22)7-9-23/h1-5,10-11,22-23H,6-9,12-13H2. The van der Waals surface area contributed by atoms with Gasteiger partial charge < -0.3 is 14.9 Å². The van der Waals surface area contributed by atoms with E-state index >= 15 is 0 Å². The minimum atomic E-state index is -0.636. The third-order valence-corrected chi connectivity index (χ3v) is 3.55. The Kier molecular flexibility index (Phi) is 7.11. The van der Waals surface area contributed by atoms with Crippen LogP contribution in [0.3, 0.4) is 0 Å². The van der Waals surface area contributed by atoms with E-state index in [-0.39, 0.29) is 25.4 Å². The normalized spacial score (nSPS) is 11.0. The van der Waals surface area contributed by atoms with Crippen LogP contribution in [0.25, 0.3) is 0 Å². The van der Waals surface area contributed by atoms with Crippen molar-refractivity contribution < 1.29 is 23.7 Å². The van der Waals surface area contributed by atoms with Crippen molar-refractivity contribution in [3.8, 4) is 5.75 Å². The monoisotopic (exact) mass is 337 g/mol. The molecule has 24 heavy (non-hydrogen) atoms. The highest BCUT2D eigenvalue weighted by Gasteiger charge is 2.07. The summed E-state index contributed by atoms with van der Waals surface area (Å²) in [6.07, 6.45) is 0. The maximum absolute atomic E-state index is 13.6. The number of hydrogen-bond acceptors (Lipinski definition) is 4. The summed E-state index contributed by atoms with van der Waals surface area (Å²) in [5, 5.41) is 18.1. The molecular formula is C18H21F2NO3. The second kappa shape index (κ2) is 9.32. The molecule has 0 bridgehead atoms. The topological polar surface area (TPSA) is 52.9 Å². The molecule has 0 unspecified atom stereocenters. The average Bonchev–Trinajstić information content (AvgIpc) is 2.55. The Morgan fingerprint density at radius 2 is 1.71 bits per heavy atom. The summed E-state index contributed by atoms with van der Waals surface area (Å²) >= 11 is 0. The van der Waals surface area contributed by atoms with Crippen molar-refractivity contribution in [3.63, 3.8) is 0 Å². The van der Waals surface area contributed by atoms with Crippen LogP contribution in [0, 0.1) is 11.6 Å². The van der Waals surface area contributed by atoms with E-state index in [1.165, 1.54) is 12.1 Å². The maximum Gasteiger partial charge on any atom is 0.132 e. The van der Waals surface area contributed by atoms with Crippen LogP contribution in [0.2, 0.25) is 0 Å². The quantitative estimate of drug-likeness (QED) is 0.737. The zero-order valence-corrected chi connectivity index (χ0v) is 13.3. The van der Waals surface area contributed by atoms with Crippen molar-refractivity contribution in [2.24, 2.45) is 0 Å². The molecule has 2 aromatic carbocycles. The van der Waals surface area contributed by atoms with E-state index in [0.29, 0.717) is 25.4 Å². The summed E-state index contributed by atoms with van der Waals surface area (Å²) in [5.74, 6) is -0.682. The molecule has 0 aliphatic carbocycles. The van der Waals surface area contributed by atoms with Crippen molar-refractivity contribution in [1.29, 1.82) is 0 Å². The predicted octanol–water partition coefficient (Wildman–Crippen LogP) is 2.33. The minimum Gasteiger partial charge on any atom is -0.489 e. The maximum atomic E-state index is 13.6. The molecule has 6 heteroatoms. The van der Waals surface area contributed by atoms with Gasteiger partial charge in [-0.1, -0.05) is 12.1 Å². The molecule has 0 aliphatic heterocycles. The van der Waals surface area contributed by atoms with E-state index in [0.717, 1.165) is 11.6 Å². The summed E-state index contributed by atoms with van der Waals surface area (Å²) in [4.78, 5) is 1.92. The fourth-order valence-corrected chi connectivity index (χ4v) is 2.34. The van der Waals surface area contributed by atoms with Crippen molar-refractivity contribution in [2.45, 2.75) is 13.2 Å². The number of rotatable bonds is 9. The fraction of sp³-hybridized carbons (Fsp3) is 0.333. The summed E-state index contributed by atoms with van der Waals surface area (Å²) in [6.45, 7) is 1.52. The van der Waals surface area contributed by atoms with Crippen LogP contribution in [0.15, 0.2) is 42.5 Å². The highest BCUT2D eigenvalue weighted by Crippen LogP contribution is 2.18. The molecule has 0 spiro atoms. The van der Waals surface area contributed by atoms with Gasteiger partial charge in [-0.05, 0) is 29.8 Å². The van der Waals surface area contributed by atoms with Crippen molar-refractivity contribution >= 4 is 0 Å². The van der Waals surface area contributed by atoms with E-state index < -0.39 is 11.6 Å². The molecule has 0 atom stereocenters. The van der Waals surface area contributed by atoms with Crippen LogP contribution in [0.1, 0.15) is 11.1 Å². The highest BCUT2D eigenvalue weighted by molar-refractivity contribution is 5.29. The van der Waals surface area contributed by atoms with Crippen LogP contribution in [0.4, 0.5) is 8.78 Å². The largest absolute Gasteiger partial charge is 0.489 e. The van der Waals surface area contributed by atoms with Crippen LogP contribution in [0.5, 0.6) is 5.75 Å². The first kappa shape index (κ1) is 18.3. The first-order chi connectivity index (χ1) is 11.6. The van der Waals surface area contributed by atoms with Gasteiger partial charge >= 0.3 is 0 Å². The van der Waals surface area contributed by atoms with Gasteiger partial charge in [0.15, 0.2) is 0 Å². The van der Waals surface area contributed by atoms with Gasteiger partial charge in [0.1, 0.15) is 24.0 Å². The molecule has 2 N–H and O–H groups in total. The van der Waals surface area contributed by atoms with Crippen LogP contribution < -0.4 is 4.74 Å². The van der Waals surface area contributed by atoms with Gasteiger partial charge in [-0.25, -0.2) is 8.78 Å². The zero-order chi connectivity index (χ0) is 17.4. The first-order valence-corrected chi connectivity index (χ1v) is 7.72. The number of nitrogens with zero attached hydrogens (tertiary/aromatic N) is 1. The molecule has 4 nitrogen and oxygen atoms in total. The third-order valence-electron chi connectivity index (χ3n) is 3.55. The Labute approximate surface area is 139 Å². The molecule has 0 saturated carbocycles. The van der Waals surface area contributed by atoms with Crippen LogP contribution in [-0.2, 0) is 13.2 Å². The summed E-state index contributed by atoms with van der Waals surface area (Å²) in [7, 11) is 0. The number of halogens is 2. The average molecular weight is 337 g/mol. The van der Waals surface area contributed by atoms with E-state index in [4.69, 9.17) is 14.9 Å². The summed E-state index contributed by atoms with van der Waals surface area (Å²) < 4.78 is 32.1. The lowest BCUT2D eigenvalue weighted by molar-refractivity contribution is 0.156. The molecule has 0 aliphatic rings. The fourth-order valence-electron chi connectivity index (χ4n) is 2.34. The van der Waals surface area contributed by atoms with E-state index in [9.17, 15) is 8.78 Å². The van der Waals surface area contributed by atoms with Gasteiger partial charge in [0.25, 0.3) is 0 Å². The Hall–Kier alpha value is -2.02. The molecule has 0 amide bonds. The predicted molar refractivity (Wildman–Crippen MR) is 86.6 cm³/mol. The number of ether oxygens (including phenoxy) is 1. The van der Waals surface area contributed by atoms with E-state index in [1.54, 1.807) is 6.07 Å². The number of aliphatic hydroxyl groups excluding tert-OH is 2. The van der Waals surface area contributed by atoms with Gasteiger partial charge in [-0.3, -0.25) is 4.90 Å². The Balaban J connectivity index is 1.99. The number of aliphatic hydroxyl groups is 2. The molecule has 0 fully saturated rings. The lowest BCUT2D eigenvalue weighted by Crippen LogP contribution is -2.29. The second-order valence-corrected chi connectivity index (χ2v) is 5.40. The summed E-state index contributed by atoms with van der Waals surface area (Å²) in [6, 6.07) is 10.7. The molecule has 2 rings (SSSR count). The second-order valence-electron chi connectivity index (χ2n) is 5.40. The first-order valence-electron chi connectivity index (χ1n) is 7.72. The number of benzene rings is 2. The highest BCUT2D eigenvalue weighted by atomic mass is 19.1. The molecular weight excluding hydrogens is 316 g/mol. The van der Waals surface area contributed by atoms with Crippen molar-refractivity contribution in [3.05, 3.63) is 65.2 Å². The molecule has 2 aromatic rings. The minimum absolute atomic E-state index is 0.00651. The van der Waals surface area contributed by atoms with E-state index in [2.05, 4.69) is 0 Å². The Morgan fingerprint density at radius 1 is 0.958 bits per heavy atom. The third kappa shape index (κ3) is 5.56. The van der Waals surface area contributed by atoms with Crippen LogP contribution >= 0.6 is 0 Å². The van der Waals surface area contributed by atoms with E-state index in [1.807, 2.05) is 23.1 Å². The molecule has 0 heterocycles. The smallest absolute Gasteiger partial charge is 0.132 e. The Bertz CT molecular complexity index is 646. The van der Waals surface area contributed by atoms with Gasteiger partial charge in [0, 0.05) is 31.3 Å². The molecule has 0 radical (unpaired) electrons. The molecule has 130 valence electrons. The molecule has 0 aromatic heterocycles. The lowest BCUT2D eigenvalue weighted by atomic mass is 10.2. The van der Waals surface area contributed by atoms with Gasteiger partial charge in [-0.2, -0.15) is 0 Å². The zero-order valence-electron chi connectivity index (χ0n) is 13.3. The van der Waals surface area contributed by atoms with Gasteiger partial charge in [-0.15, -0.1) is 0 Å².